The molecule has 0 saturated heterocycles. The number of halogens is 1. The number of allylic oxidation sites excluding steroid dienone is 2. The first-order chi connectivity index (χ1) is 9.02. The van der Waals surface area contributed by atoms with E-state index in [4.69, 9.17) is 11.6 Å². The van der Waals surface area contributed by atoms with Gasteiger partial charge >= 0.3 is 0 Å². The van der Waals surface area contributed by atoms with Gasteiger partial charge in [-0.2, -0.15) is 0 Å². The first-order valence-corrected chi connectivity index (χ1v) is 10.9. The summed E-state index contributed by atoms with van der Waals surface area (Å²) < 4.78 is 0. The van der Waals surface area contributed by atoms with E-state index in [-0.39, 0.29) is 5.24 Å². The van der Waals surface area contributed by atoms with Crippen molar-refractivity contribution in [1.29, 1.82) is 0 Å². The zero-order valence-corrected chi connectivity index (χ0v) is 15.0. The SMILES string of the molecule is CCCC[Si](CCCC)(CCCC)/C(C)=C/C(=O)Cl. The molecule has 0 aliphatic rings. The topological polar surface area (TPSA) is 17.1 Å². The summed E-state index contributed by atoms with van der Waals surface area (Å²) >= 11 is 5.59. The summed E-state index contributed by atoms with van der Waals surface area (Å²) in [6.07, 6.45) is 9.33. The van der Waals surface area contributed by atoms with Crippen LogP contribution in [-0.2, 0) is 4.79 Å². The van der Waals surface area contributed by atoms with Gasteiger partial charge in [-0.25, -0.2) is 0 Å². The van der Waals surface area contributed by atoms with E-state index in [9.17, 15) is 4.79 Å². The Hall–Kier alpha value is -0.0831. The molecule has 0 bridgehead atoms. The van der Waals surface area contributed by atoms with E-state index in [1.807, 2.05) is 0 Å². The predicted molar refractivity (Wildman–Crippen MR) is 89.5 cm³/mol. The lowest BCUT2D eigenvalue weighted by atomic mass is 10.4. The van der Waals surface area contributed by atoms with Crippen molar-refractivity contribution in [2.75, 3.05) is 0 Å². The summed E-state index contributed by atoms with van der Waals surface area (Å²) in [7, 11) is -1.47. The molecule has 0 rings (SSSR count). The number of carbonyl (C=O) groups is 1. The van der Waals surface area contributed by atoms with Crippen molar-refractivity contribution >= 4 is 24.9 Å². The minimum Gasteiger partial charge on any atom is -0.276 e. The third kappa shape index (κ3) is 7.31. The zero-order valence-electron chi connectivity index (χ0n) is 13.2. The second-order valence-electron chi connectivity index (χ2n) is 5.72. The lowest BCUT2D eigenvalue weighted by Crippen LogP contribution is -2.36. The molecule has 0 aromatic heterocycles. The maximum absolute atomic E-state index is 11.2. The second-order valence-corrected chi connectivity index (χ2v) is 10.9. The van der Waals surface area contributed by atoms with Gasteiger partial charge in [-0.3, -0.25) is 4.79 Å². The molecular formula is C16H31ClOSi. The molecule has 0 aliphatic heterocycles. The Bertz CT molecular complexity index is 265. The normalized spacial score (nSPS) is 12.8. The molecule has 0 atom stereocenters. The van der Waals surface area contributed by atoms with Gasteiger partial charge in [0.15, 0.2) is 0 Å². The van der Waals surface area contributed by atoms with Crippen LogP contribution in [0.5, 0.6) is 0 Å². The molecule has 112 valence electrons. The molecule has 0 amide bonds. The predicted octanol–water partition coefficient (Wildman–Crippen LogP) is 6.09. The highest BCUT2D eigenvalue weighted by molar-refractivity contribution is 6.87. The second kappa shape index (κ2) is 10.7. The fourth-order valence-corrected chi connectivity index (χ4v) is 8.55. The smallest absolute Gasteiger partial charge is 0.244 e. The lowest BCUT2D eigenvalue weighted by molar-refractivity contribution is -0.107. The first kappa shape index (κ1) is 18.9. The van der Waals surface area contributed by atoms with Gasteiger partial charge in [0.25, 0.3) is 0 Å². The van der Waals surface area contributed by atoms with Crippen molar-refractivity contribution < 1.29 is 4.79 Å². The fraction of sp³-hybridized carbons (Fsp3) is 0.812. The Morgan fingerprint density at radius 3 is 1.58 bits per heavy atom. The van der Waals surface area contributed by atoms with Crippen molar-refractivity contribution in [1.82, 2.24) is 0 Å². The van der Waals surface area contributed by atoms with Gasteiger partial charge in [-0.05, 0) is 24.6 Å². The quantitative estimate of drug-likeness (QED) is 0.256. The molecule has 0 heterocycles. The average molecular weight is 303 g/mol. The number of hydrogen-bond acceptors (Lipinski definition) is 1. The molecule has 19 heavy (non-hydrogen) atoms. The van der Waals surface area contributed by atoms with E-state index in [0.717, 1.165) is 0 Å². The molecule has 1 nitrogen and oxygen atoms in total. The zero-order chi connectivity index (χ0) is 14.7. The summed E-state index contributed by atoms with van der Waals surface area (Å²) in [4.78, 5) is 11.2. The maximum Gasteiger partial charge on any atom is 0.244 e. The van der Waals surface area contributed by atoms with Gasteiger partial charge in [-0.1, -0.05) is 82.6 Å². The molecule has 0 N–H and O–H groups in total. The van der Waals surface area contributed by atoms with Crippen LogP contribution in [0.4, 0.5) is 0 Å². The van der Waals surface area contributed by atoms with Crippen LogP contribution in [0.25, 0.3) is 0 Å². The minimum atomic E-state index is -1.47. The minimum absolute atomic E-state index is 0.293. The van der Waals surface area contributed by atoms with Crippen molar-refractivity contribution in [3.8, 4) is 0 Å². The van der Waals surface area contributed by atoms with E-state index in [1.165, 1.54) is 61.9 Å². The van der Waals surface area contributed by atoms with Crippen LogP contribution in [0, 0.1) is 0 Å². The van der Waals surface area contributed by atoms with E-state index in [1.54, 1.807) is 6.08 Å². The Balaban J connectivity index is 5.12. The van der Waals surface area contributed by atoms with Gasteiger partial charge in [0.2, 0.25) is 5.24 Å². The van der Waals surface area contributed by atoms with Crippen LogP contribution in [0.1, 0.15) is 66.2 Å². The molecule has 0 unspecified atom stereocenters. The molecule has 0 fully saturated rings. The summed E-state index contributed by atoms with van der Waals surface area (Å²) in [6, 6.07) is 3.99. The molecule has 0 aromatic carbocycles. The third-order valence-corrected chi connectivity index (χ3v) is 10.1. The summed E-state index contributed by atoms with van der Waals surface area (Å²) in [5.74, 6) is 0. The maximum atomic E-state index is 11.2. The van der Waals surface area contributed by atoms with E-state index in [0.29, 0.717) is 0 Å². The Kier molecular flexibility index (Phi) is 10.6. The van der Waals surface area contributed by atoms with Gasteiger partial charge in [0.05, 0.1) is 8.07 Å². The number of carbonyl (C=O) groups excluding carboxylic acids is 1. The average Bonchev–Trinajstić information content (AvgIpc) is 2.37. The third-order valence-electron chi connectivity index (χ3n) is 4.19. The Labute approximate surface area is 125 Å². The van der Waals surface area contributed by atoms with Crippen molar-refractivity contribution in [3.63, 3.8) is 0 Å². The van der Waals surface area contributed by atoms with Crippen LogP contribution in [0.2, 0.25) is 18.1 Å². The molecule has 3 heteroatoms. The molecule has 0 radical (unpaired) electrons. The van der Waals surface area contributed by atoms with Crippen LogP contribution >= 0.6 is 11.6 Å². The monoisotopic (exact) mass is 302 g/mol. The highest BCUT2D eigenvalue weighted by Gasteiger charge is 2.33. The van der Waals surface area contributed by atoms with Crippen LogP contribution in [0.15, 0.2) is 11.3 Å². The van der Waals surface area contributed by atoms with E-state index < -0.39 is 8.07 Å². The highest BCUT2D eigenvalue weighted by atomic mass is 35.5. The van der Waals surface area contributed by atoms with Gasteiger partial charge < -0.3 is 0 Å². The summed E-state index contributed by atoms with van der Waals surface area (Å²) in [5.41, 5.74) is 0. The van der Waals surface area contributed by atoms with E-state index in [2.05, 4.69) is 27.7 Å². The number of hydrogen-bond donors (Lipinski definition) is 0. The molecule has 0 aliphatic carbocycles. The van der Waals surface area contributed by atoms with Crippen molar-refractivity contribution in [2.45, 2.75) is 84.4 Å². The Morgan fingerprint density at radius 2 is 1.32 bits per heavy atom. The van der Waals surface area contributed by atoms with Gasteiger partial charge in [0.1, 0.15) is 0 Å². The van der Waals surface area contributed by atoms with Gasteiger partial charge in [0, 0.05) is 0 Å². The highest BCUT2D eigenvalue weighted by Crippen LogP contribution is 2.34. The molecular weight excluding hydrogens is 272 g/mol. The van der Waals surface area contributed by atoms with Crippen molar-refractivity contribution in [2.24, 2.45) is 0 Å². The van der Waals surface area contributed by atoms with Gasteiger partial charge in [-0.15, -0.1) is 0 Å². The number of rotatable bonds is 11. The molecule has 0 saturated carbocycles. The fourth-order valence-electron chi connectivity index (χ4n) is 2.84. The van der Waals surface area contributed by atoms with Crippen LogP contribution in [0.3, 0.4) is 0 Å². The summed E-state index contributed by atoms with van der Waals surface area (Å²) in [5, 5.41) is 1.04. The Morgan fingerprint density at radius 1 is 0.947 bits per heavy atom. The number of unbranched alkanes of at least 4 members (excludes halogenated alkanes) is 3. The van der Waals surface area contributed by atoms with Crippen LogP contribution in [-0.4, -0.2) is 13.3 Å². The summed E-state index contributed by atoms with van der Waals surface area (Å²) in [6.45, 7) is 8.92. The molecule has 0 spiro atoms. The van der Waals surface area contributed by atoms with Crippen LogP contribution < -0.4 is 0 Å². The van der Waals surface area contributed by atoms with Crippen molar-refractivity contribution in [3.05, 3.63) is 11.3 Å². The van der Waals surface area contributed by atoms with E-state index >= 15 is 0 Å². The first-order valence-electron chi connectivity index (χ1n) is 7.90. The largest absolute Gasteiger partial charge is 0.276 e. The standard InChI is InChI=1S/C16H31ClOSi/c1-5-8-11-19(12-9-6-2,13-10-7-3)15(4)14-16(17)18/h14H,5-13H2,1-4H3/b15-14+. The molecule has 0 aromatic rings. The lowest BCUT2D eigenvalue weighted by Gasteiger charge is -2.33.